The van der Waals surface area contributed by atoms with E-state index in [0.717, 1.165) is 22.7 Å². The van der Waals surface area contributed by atoms with Gasteiger partial charge in [0.1, 0.15) is 12.3 Å². The normalized spacial score (nSPS) is 40.4. The number of rotatable bonds is 6. The fourth-order valence-electron chi connectivity index (χ4n) is 8.36. The number of carbonyl (C=O) groups excluding carboxylic acids is 2. The molecule has 4 saturated carbocycles. The van der Waals surface area contributed by atoms with Crippen LogP contribution in [-0.2, 0) is 14.3 Å². The summed E-state index contributed by atoms with van der Waals surface area (Å²) in [5.74, 6) is 2.35. The maximum Gasteiger partial charge on any atom is 0.338 e. The Morgan fingerprint density at radius 1 is 1.29 bits per heavy atom. The molecule has 1 aromatic carbocycles. The number of hydrogen-bond donors (Lipinski definition) is 1. The van der Waals surface area contributed by atoms with Crippen molar-refractivity contribution >= 4 is 41.0 Å². The average molecular weight is 494 g/mol. The molecular formula is C26H24ClN3O3S. The van der Waals surface area contributed by atoms with Crippen molar-refractivity contribution in [3.05, 3.63) is 62.7 Å². The first-order valence-corrected chi connectivity index (χ1v) is 13.1. The Labute approximate surface area is 206 Å². The van der Waals surface area contributed by atoms with Gasteiger partial charge in [-0.05, 0) is 49.0 Å². The van der Waals surface area contributed by atoms with E-state index in [1.807, 2.05) is 36.6 Å². The number of aldehydes is 1. The molecule has 7 rings (SSSR count). The first-order chi connectivity index (χ1) is 16.5. The predicted molar refractivity (Wildman–Crippen MR) is 128 cm³/mol. The largest absolute Gasteiger partial charge is 0.463 e. The molecule has 1 aromatic heterocycles. The van der Waals surface area contributed by atoms with Crippen LogP contribution in [0.1, 0.15) is 36.9 Å². The average Bonchev–Trinajstić information content (AvgIpc) is 3.38. The number of nitrogens with one attached hydrogen (secondary N) is 1. The summed E-state index contributed by atoms with van der Waals surface area (Å²) in [5, 5.41) is 6.85. The van der Waals surface area contributed by atoms with Gasteiger partial charge in [-0.15, -0.1) is 11.3 Å². The van der Waals surface area contributed by atoms with E-state index in [-0.39, 0.29) is 23.4 Å². The topological polar surface area (TPSA) is 80.7 Å². The number of allylic oxidation sites excluding steroid dienone is 1. The number of amidine groups is 1. The zero-order valence-corrected chi connectivity index (χ0v) is 20.4. The lowest BCUT2D eigenvalue weighted by molar-refractivity contribution is -0.470. The fourth-order valence-corrected chi connectivity index (χ4v) is 9.19. The van der Waals surface area contributed by atoms with Gasteiger partial charge >= 0.3 is 5.97 Å². The van der Waals surface area contributed by atoms with Crippen LogP contribution in [0.5, 0.6) is 0 Å². The summed E-state index contributed by atoms with van der Waals surface area (Å²) in [6, 6.07) is 6.97. The number of halogens is 1. The summed E-state index contributed by atoms with van der Waals surface area (Å²) in [6.45, 7) is 4.22. The number of benzene rings is 1. The molecule has 5 aliphatic rings. The Balaban J connectivity index is 1.41. The van der Waals surface area contributed by atoms with E-state index in [2.05, 4.69) is 17.2 Å². The Morgan fingerprint density at radius 2 is 2.06 bits per heavy atom. The summed E-state index contributed by atoms with van der Waals surface area (Å²) in [4.78, 5) is 35.0. The second kappa shape index (κ2) is 6.79. The van der Waals surface area contributed by atoms with Gasteiger partial charge in [0.2, 0.25) is 0 Å². The molecule has 0 saturated heterocycles. The van der Waals surface area contributed by atoms with Gasteiger partial charge in [0.15, 0.2) is 10.8 Å². The van der Waals surface area contributed by atoms with Crippen LogP contribution >= 0.6 is 22.9 Å². The summed E-state index contributed by atoms with van der Waals surface area (Å²) < 4.78 is 5.58. The molecule has 5 atom stereocenters. The summed E-state index contributed by atoms with van der Waals surface area (Å²) in [5.41, 5.74) is 1.96. The first kappa shape index (κ1) is 20.8. The highest BCUT2D eigenvalue weighted by atomic mass is 35.5. The van der Waals surface area contributed by atoms with Crippen molar-refractivity contribution in [3.8, 4) is 0 Å². The van der Waals surface area contributed by atoms with Crippen molar-refractivity contribution in [1.82, 2.24) is 10.3 Å². The van der Waals surface area contributed by atoms with E-state index in [1.165, 1.54) is 17.6 Å². The number of aliphatic imine (C=N–C) groups is 1. The van der Waals surface area contributed by atoms with E-state index in [9.17, 15) is 9.59 Å². The van der Waals surface area contributed by atoms with Crippen molar-refractivity contribution in [2.75, 3.05) is 6.61 Å². The molecule has 5 unspecified atom stereocenters. The van der Waals surface area contributed by atoms with Gasteiger partial charge in [-0.1, -0.05) is 36.7 Å². The van der Waals surface area contributed by atoms with Crippen molar-refractivity contribution in [3.63, 3.8) is 0 Å². The van der Waals surface area contributed by atoms with Crippen molar-refractivity contribution in [2.45, 2.75) is 26.3 Å². The van der Waals surface area contributed by atoms with Gasteiger partial charge in [0.25, 0.3) is 0 Å². The minimum Gasteiger partial charge on any atom is -0.463 e. The molecule has 8 heteroatoms. The van der Waals surface area contributed by atoms with Gasteiger partial charge in [-0.2, -0.15) is 0 Å². The van der Waals surface area contributed by atoms with Crippen LogP contribution in [0.25, 0.3) is 0 Å². The van der Waals surface area contributed by atoms with E-state index in [4.69, 9.17) is 21.3 Å². The SMILES string of the molecule is CCOC(=O)C1=C(C23C4CC2C2C3C4C2(C)C=O)NC(c2nccs2)=NC1c1ccccc1Cl. The van der Waals surface area contributed by atoms with E-state index in [1.54, 1.807) is 6.20 Å². The zero-order chi connectivity index (χ0) is 23.4. The molecule has 34 heavy (non-hydrogen) atoms. The first-order valence-electron chi connectivity index (χ1n) is 11.9. The third kappa shape index (κ3) is 2.15. The summed E-state index contributed by atoms with van der Waals surface area (Å²) >= 11 is 8.15. The van der Waals surface area contributed by atoms with E-state index >= 15 is 0 Å². The lowest BCUT2D eigenvalue weighted by Gasteiger charge is -2.96. The third-order valence-electron chi connectivity index (χ3n) is 9.43. The maximum atomic E-state index is 13.5. The maximum absolute atomic E-state index is 13.5. The molecule has 0 amide bonds. The van der Waals surface area contributed by atoms with Crippen molar-refractivity contribution in [2.24, 2.45) is 45.4 Å². The van der Waals surface area contributed by atoms with Crippen LogP contribution in [0.15, 0.2) is 52.1 Å². The number of esters is 1. The lowest BCUT2D eigenvalue weighted by Crippen LogP contribution is -2.94. The Kier molecular flexibility index (Phi) is 4.16. The number of carbonyl (C=O) groups is 2. The number of hydrogen-bond acceptors (Lipinski definition) is 7. The molecule has 4 aliphatic carbocycles. The van der Waals surface area contributed by atoms with E-state index < -0.39 is 6.04 Å². The molecule has 174 valence electrons. The molecule has 2 aromatic rings. The molecule has 0 spiro atoms. The van der Waals surface area contributed by atoms with Crippen LogP contribution in [0.3, 0.4) is 0 Å². The van der Waals surface area contributed by atoms with Crippen LogP contribution < -0.4 is 5.32 Å². The summed E-state index contributed by atoms with van der Waals surface area (Å²) in [7, 11) is 0. The molecule has 2 heterocycles. The molecule has 4 fully saturated rings. The van der Waals surface area contributed by atoms with Gasteiger partial charge in [-0.3, -0.25) is 4.99 Å². The Hall–Kier alpha value is -2.51. The van der Waals surface area contributed by atoms with E-state index in [0.29, 0.717) is 46.0 Å². The highest BCUT2D eigenvalue weighted by Gasteiger charge is 2.95. The molecule has 0 bridgehead atoms. The number of ether oxygens (including phenoxy) is 1. The quantitative estimate of drug-likeness (QED) is 0.476. The minimum absolute atomic E-state index is 0.0993. The van der Waals surface area contributed by atoms with Gasteiger partial charge in [0, 0.05) is 38.7 Å². The molecular weight excluding hydrogens is 470 g/mol. The zero-order valence-electron chi connectivity index (χ0n) is 18.8. The Morgan fingerprint density at radius 3 is 2.68 bits per heavy atom. The highest BCUT2D eigenvalue weighted by molar-refractivity contribution is 7.11. The number of fused-ring (bicyclic) bond motifs is 2. The molecule has 6 nitrogen and oxygen atoms in total. The smallest absolute Gasteiger partial charge is 0.338 e. The van der Waals surface area contributed by atoms with Crippen LogP contribution in [-0.4, -0.2) is 29.7 Å². The van der Waals surface area contributed by atoms with Crippen molar-refractivity contribution in [1.29, 1.82) is 0 Å². The number of aromatic nitrogens is 1. The second-order valence-electron chi connectivity index (χ2n) is 10.3. The highest BCUT2D eigenvalue weighted by Crippen LogP contribution is 2.97. The van der Waals surface area contributed by atoms with Crippen LogP contribution in [0, 0.1) is 40.4 Å². The minimum atomic E-state index is -0.577. The van der Waals surface area contributed by atoms with Gasteiger partial charge < -0.3 is 14.8 Å². The van der Waals surface area contributed by atoms with Crippen LogP contribution in [0.2, 0.25) is 5.02 Å². The number of thiazole rings is 1. The third-order valence-corrected chi connectivity index (χ3v) is 10.5. The van der Waals surface area contributed by atoms with Crippen LogP contribution in [0.4, 0.5) is 0 Å². The standard InChI is InChI=1S/C26H24ClN3O3S/c1-3-33-24(32)16-20(12-6-4-5-7-15(12)27)29-22(23-28-8-9-34-23)30-21(16)26-13-10-14(26)18-19(26)17(13)25(18,2)11-31/h4-9,11,13-14,17-20H,3,10H2,1-2H3,(H,29,30). The second-order valence-corrected chi connectivity index (χ2v) is 11.6. The molecule has 0 radical (unpaired) electrons. The van der Waals surface area contributed by atoms with Gasteiger partial charge in [0.05, 0.1) is 12.2 Å². The Bertz CT molecular complexity index is 1270. The number of nitrogens with zero attached hydrogens (tertiary/aromatic N) is 2. The predicted octanol–water partition coefficient (Wildman–Crippen LogP) is 4.42. The summed E-state index contributed by atoms with van der Waals surface area (Å²) in [6.07, 6.45) is 4.07. The van der Waals surface area contributed by atoms with Gasteiger partial charge in [-0.25, -0.2) is 9.78 Å². The molecule has 1 N–H and O–H groups in total. The monoisotopic (exact) mass is 493 g/mol. The van der Waals surface area contributed by atoms with Crippen molar-refractivity contribution < 1.29 is 14.3 Å². The fraction of sp³-hybridized carbons (Fsp3) is 0.462. The molecule has 1 aliphatic heterocycles. The lowest BCUT2D eigenvalue weighted by atomic mass is 9.07.